The molecule has 0 spiro atoms. The molecule has 2 atom stereocenters. The van der Waals surface area contributed by atoms with Crippen LogP contribution in [-0.4, -0.2) is 34.6 Å². The van der Waals surface area contributed by atoms with Gasteiger partial charge in [0.1, 0.15) is 11.6 Å². The van der Waals surface area contributed by atoms with Gasteiger partial charge in [0.15, 0.2) is 0 Å². The van der Waals surface area contributed by atoms with E-state index < -0.39 is 17.2 Å². The lowest BCUT2D eigenvalue weighted by atomic mass is 9.69. The van der Waals surface area contributed by atoms with Crippen molar-refractivity contribution in [1.29, 1.82) is 0 Å². The smallest absolute Gasteiger partial charge is 0.227 e. The molecule has 22 heavy (non-hydrogen) atoms. The number of likely N-dealkylation sites (tertiary alicyclic amines) is 1. The lowest BCUT2D eigenvalue weighted by molar-refractivity contribution is -0.131. The topological polar surface area (TPSA) is 40.5 Å². The highest BCUT2D eigenvalue weighted by molar-refractivity contribution is 5.79. The fourth-order valence-electron chi connectivity index (χ4n) is 3.61. The summed E-state index contributed by atoms with van der Waals surface area (Å²) in [5, 5.41) is 10.8. The van der Waals surface area contributed by atoms with E-state index in [0.29, 0.717) is 6.54 Å². The molecule has 2 fully saturated rings. The molecule has 1 heterocycles. The number of aliphatic hydroxyl groups is 1. The maximum absolute atomic E-state index is 13.7. The van der Waals surface area contributed by atoms with Gasteiger partial charge >= 0.3 is 0 Å². The molecular weight excluding hydrogens is 288 g/mol. The number of benzene rings is 1. The van der Waals surface area contributed by atoms with Gasteiger partial charge in [0.05, 0.1) is 12.0 Å². The highest BCUT2D eigenvalue weighted by Gasteiger charge is 2.50. The van der Waals surface area contributed by atoms with Gasteiger partial charge in [0.2, 0.25) is 5.91 Å². The molecule has 5 heteroatoms. The molecule has 1 N–H and O–H groups in total. The van der Waals surface area contributed by atoms with Gasteiger partial charge in [0.25, 0.3) is 0 Å². The van der Waals surface area contributed by atoms with E-state index in [1.807, 2.05) is 6.92 Å². The molecule has 0 aromatic heterocycles. The lowest BCUT2D eigenvalue weighted by Crippen LogP contribution is -2.48. The minimum Gasteiger partial charge on any atom is -0.387 e. The molecule has 1 aliphatic carbocycles. The van der Waals surface area contributed by atoms with E-state index in [2.05, 4.69) is 0 Å². The van der Waals surface area contributed by atoms with Crippen LogP contribution < -0.4 is 0 Å². The fraction of sp³-hybridized carbons (Fsp3) is 0.588. The summed E-state index contributed by atoms with van der Waals surface area (Å²) in [6.45, 7) is 2.66. The van der Waals surface area contributed by atoms with Gasteiger partial charge in [-0.25, -0.2) is 8.78 Å². The molecule has 1 amide bonds. The van der Waals surface area contributed by atoms with Gasteiger partial charge in [-0.2, -0.15) is 0 Å². The van der Waals surface area contributed by atoms with Gasteiger partial charge in [-0.15, -0.1) is 0 Å². The SMILES string of the molecule is CC1CN(C(=O)Cc2c(F)cccc2F)CC1(O)C1CCC1. The van der Waals surface area contributed by atoms with Crippen LogP contribution in [0.1, 0.15) is 31.7 Å². The Morgan fingerprint density at radius 3 is 2.55 bits per heavy atom. The normalized spacial score (nSPS) is 28.7. The summed E-state index contributed by atoms with van der Waals surface area (Å²) in [6.07, 6.45) is 2.80. The van der Waals surface area contributed by atoms with Crippen molar-refractivity contribution >= 4 is 5.91 Å². The summed E-state index contributed by atoms with van der Waals surface area (Å²) in [4.78, 5) is 13.9. The summed E-state index contributed by atoms with van der Waals surface area (Å²) in [5.74, 6) is -1.49. The number of β-amino-alcohol motifs (C(OH)–C–C–N with tert-alkyl or cyclic N) is 1. The molecule has 2 aliphatic rings. The van der Waals surface area contributed by atoms with Crippen LogP contribution in [-0.2, 0) is 11.2 Å². The van der Waals surface area contributed by atoms with Crippen molar-refractivity contribution in [2.45, 2.75) is 38.2 Å². The van der Waals surface area contributed by atoms with Crippen molar-refractivity contribution in [1.82, 2.24) is 4.90 Å². The quantitative estimate of drug-likeness (QED) is 0.932. The van der Waals surface area contributed by atoms with E-state index in [-0.39, 0.29) is 36.3 Å². The van der Waals surface area contributed by atoms with E-state index in [0.717, 1.165) is 31.4 Å². The van der Waals surface area contributed by atoms with E-state index in [9.17, 15) is 18.7 Å². The summed E-state index contributed by atoms with van der Waals surface area (Å²) in [5.41, 5.74) is -1.04. The van der Waals surface area contributed by atoms with Gasteiger partial charge in [-0.3, -0.25) is 4.79 Å². The monoisotopic (exact) mass is 309 g/mol. The first kappa shape index (κ1) is 15.4. The Bertz CT molecular complexity index is 568. The molecule has 1 aliphatic heterocycles. The van der Waals surface area contributed by atoms with E-state index in [1.54, 1.807) is 4.90 Å². The maximum Gasteiger partial charge on any atom is 0.227 e. The Balaban J connectivity index is 1.71. The van der Waals surface area contributed by atoms with Crippen LogP contribution in [0, 0.1) is 23.5 Å². The second-order valence-electron chi connectivity index (χ2n) is 6.67. The third-order valence-electron chi connectivity index (χ3n) is 5.35. The van der Waals surface area contributed by atoms with E-state index >= 15 is 0 Å². The zero-order valence-corrected chi connectivity index (χ0v) is 12.7. The van der Waals surface area contributed by atoms with Crippen molar-refractivity contribution in [2.24, 2.45) is 11.8 Å². The van der Waals surface area contributed by atoms with Gasteiger partial charge in [-0.05, 0) is 30.9 Å². The summed E-state index contributed by atoms with van der Waals surface area (Å²) >= 11 is 0. The summed E-state index contributed by atoms with van der Waals surface area (Å²) in [6, 6.07) is 3.60. The highest BCUT2D eigenvalue weighted by Crippen LogP contribution is 2.44. The molecule has 3 nitrogen and oxygen atoms in total. The van der Waals surface area contributed by atoms with Crippen LogP contribution in [0.4, 0.5) is 8.78 Å². The highest BCUT2D eigenvalue weighted by atomic mass is 19.1. The van der Waals surface area contributed by atoms with Crippen LogP contribution in [0.3, 0.4) is 0 Å². The number of carbonyl (C=O) groups excluding carboxylic acids is 1. The Hall–Kier alpha value is -1.49. The zero-order valence-electron chi connectivity index (χ0n) is 12.7. The Morgan fingerprint density at radius 1 is 1.36 bits per heavy atom. The molecular formula is C17H21F2NO2. The van der Waals surface area contributed by atoms with E-state index in [4.69, 9.17) is 0 Å². The number of hydrogen-bond acceptors (Lipinski definition) is 2. The standard InChI is InChI=1S/C17H21F2NO2/c1-11-9-20(10-17(11,22)12-4-2-5-12)16(21)8-13-14(18)6-3-7-15(13)19/h3,6-7,11-12,22H,2,4-5,8-10H2,1H3. The molecule has 1 saturated carbocycles. The minimum atomic E-state index is -0.846. The third-order valence-corrected chi connectivity index (χ3v) is 5.35. The Kier molecular flexibility index (Phi) is 3.93. The predicted molar refractivity (Wildman–Crippen MR) is 78.1 cm³/mol. The third kappa shape index (κ3) is 2.51. The number of hydrogen-bond donors (Lipinski definition) is 1. The van der Waals surface area contributed by atoms with Crippen LogP contribution in [0.15, 0.2) is 18.2 Å². The first-order chi connectivity index (χ1) is 10.4. The van der Waals surface area contributed by atoms with Crippen LogP contribution in [0.25, 0.3) is 0 Å². The predicted octanol–water partition coefficient (Wildman–Crippen LogP) is 2.52. The van der Waals surface area contributed by atoms with Crippen LogP contribution in [0.2, 0.25) is 0 Å². The van der Waals surface area contributed by atoms with Crippen molar-refractivity contribution in [2.75, 3.05) is 13.1 Å². The van der Waals surface area contributed by atoms with Gasteiger partial charge in [0, 0.05) is 24.6 Å². The van der Waals surface area contributed by atoms with Crippen molar-refractivity contribution in [3.05, 3.63) is 35.4 Å². The van der Waals surface area contributed by atoms with Gasteiger partial charge < -0.3 is 10.0 Å². The molecule has 1 aromatic carbocycles. The number of nitrogens with zero attached hydrogens (tertiary/aromatic N) is 1. The molecule has 1 saturated heterocycles. The van der Waals surface area contributed by atoms with Crippen molar-refractivity contribution < 1.29 is 18.7 Å². The first-order valence-corrected chi connectivity index (χ1v) is 7.85. The average molecular weight is 309 g/mol. The lowest BCUT2D eigenvalue weighted by Gasteiger charge is -2.41. The Morgan fingerprint density at radius 2 is 2.00 bits per heavy atom. The summed E-state index contributed by atoms with van der Waals surface area (Å²) < 4.78 is 27.3. The Labute approximate surface area is 128 Å². The molecule has 1 aromatic rings. The molecule has 120 valence electrons. The van der Waals surface area contributed by atoms with Crippen LogP contribution >= 0.6 is 0 Å². The first-order valence-electron chi connectivity index (χ1n) is 7.85. The average Bonchev–Trinajstić information content (AvgIpc) is 2.68. The number of halogens is 2. The van der Waals surface area contributed by atoms with E-state index in [1.165, 1.54) is 6.07 Å². The summed E-state index contributed by atoms with van der Waals surface area (Å²) in [7, 11) is 0. The second kappa shape index (κ2) is 5.61. The second-order valence-corrected chi connectivity index (χ2v) is 6.67. The fourth-order valence-corrected chi connectivity index (χ4v) is 3.61. The maximum atomic E-state index is 13.7. The molecule has 0 bridgehead atoms. The largest absolute Gasteiger partial charge is 0.387 e. The minimum absolute atomic E-state index is 0.00721. The van der Waals surface area contributed by atoms with Gasteiger partial charge in [-0.1, -0.05) is 19.4 Å². The molecule has 3 rings (SSSR count). The number of carbonyl (C=O) groups is 1. The van der Waals surface area contributed by atoms with Crippen molar-refractivity contribution in [3.8, 4) is 0 Å². The molecule has 2 unspecified atom stereocenters. The van der Waals surface area contributed by atoms with Crippen LogP contribution in [0.5, 0.6) is 0 Å². The zero-order chi connectivity index (χ0) is 15.9. The molecule has 0 radical (unpaired) electrons. The van der Waals surface area contributed by atoms with Crippen molar-refractivity contribution in [3.63, 3.8) is 0 Å². The number of rotatable bonds is 3. The number of amides is 1.